The summed E-state index contributed by atoms with van der Waals surface area (Å²) in [5, 5.41) is 8.58. The van der Waals surface area contributed by atoms with Crippen molar-refractivity contribution >= 4 is 23.8 Å². The Labute approximate surface area is 118 Å². The highest BCUT2D eigenvalue weighted by molar-refractivity contribution is 7.99. The van der Waals surface area contributed by atoms with Gasteiger partial charge in [-0.15, -0.1) is 0 Å². The SMILES string of the molecule is CC1CSCCN1Cc1ccc(C=CC(=O)O)cc1. The van der Waals surface area contributed by atoms with E-state index >= 15 is 0 Å². The molecule has 1 unspecified atom stereocenters. The van der Waals surface area contributed by atoms with Gasteiger partial charge in [-0.25, -0.2) is 4.79 Å². The van der Waals surface area contributed by atoms with E-state index in [9.17, 15) is 4.79 Å². The first-order valence-electron chi connectivity index (χ1n) is 6.47. The zero-order chi connectivity index (χ0) is 13.7. The summed E-state index contributed by atoms with van der Waals surface area (Å²) in [6.07, 6.45) is 2.78. The van der Waals surface area contributed by atoms with Crippen molar-refractivity contribution in [3.8, 4) is 0 Å². The van der Waals surface area contributed by atoms with Gasteiger partial charge < -0.3 is 5.11 Å². The second-order valence-electron chi connectivity index (χ2n) is 4.81. The predicted octanol–water partition coefficient (Wildman–Crippen LogP) is 2.72. The van der Waals surface area contributed by atoms with Gasteiger partial charge in [-0.05, 0) is 24.1 Å². The molecule has 1 aliphatic rings. The van der Waals surface area contributed by atoms with Crippen molar-refractivity contribution in [3.05, 3.63) is 41.5 Å². The normalized spacial score (nSPS) is 20.8. The minimum absolute atomic E-state index is 0.630. The second-order valence-corrected chi connectivity index (χ2v) is 5.96. The predicted molar refractivity (Wildman–Crippen MR) is 80.3 cm³/mol. The minimum Gasteiger partial charge on any atom is -0.478 e. The molecule has 1 N–H and O–H groups in total. The topological polar surface area (TPSA) is 40.5 Å². The lowest BCUT2D eigenvalue weighted by atomic mass is 10.1. The van der Waals surface area contributed by atoms with Gasteiger partial charge >= 0.3 is 5.97 Å². The molecule has 0 amide bonds. The number of hydrogen-bond donors (Lipinski definition) is 1. The molecular weight excluding hydrogens is 258 g/mol. The Balaban J connectivity index is 1.96. The first-order chi connectivity index (χ1) is 9.15. The van der Waals surface area contributed by atoms with Crippen molar-refractivity contribution in [1.82, 2.24) is 4.90 Å². The van der Waals surface area contributed by atoms with Gasteiger partial charge in [-0.3, -0.25) is 4.90 Å². The Morgan fingerprint density at radius 2 is 2.21 bits per heavy atom. The Kier molecular flexibility index (Phi) is 5.05. The zero-order valence-electron chi connectivity index (χ0n) is 11.1. The van der Waals surface area contributed by atoms with Crippen LogP contribution in [0.3, 0.4) is 0 Å². The Hall–Kier alpha value is -1.26. The molecule has 3 nitrogen and oxygen atoms in total. The Morgan fingerprint density at radius 1 is 1.47 bits per heavy atom. The average Bonchev–Trinajstić information content (AvgIpc) is 2.40. The number of nitrogens with zero attached hydrogens (tertiary/aromatic N) is 1. The number of carboxylic acid groups (broad SMARTS) is 1. The number of benzene rings is 1. The number of aliphatic carboxylic acids is 1. The van der Waals surface area contributed by atoms with E-state index in [2.05, 4.69) is 24.0 Å². The molecule has 0 bridgehead atoms. The molecule has 0 saturated carbocycles. The summed E-state index contributed by atoms with van der Waals surface area (Å²) in [5.41, 5.74) is 2.21. The van der Waals surface area contributed by atoms with Crippen molar-refractivity contribution < 1.29 is 9.90 Å². The van der Waals surface area contributed by atoms with Gasteiger partial charge in [0.15, 0.2) is 0 Å². The van der Waals surface area contributed by atoms with Crippen LogP contribution < -0.4 is 0 Å². The van der Waals surface area contributed by atoms with Crippen molar-refractivity contribution in [1.29, 1.82) is 0 Å². The number of carboxylic acids is 1. The van der Waals surface area contributed by atoms with Gasteiger partial charge in [0.25, 0.3) is 0 Å². The summed E-state index contributed by atoms with van der Waals surface area (Å²) in [6.45, 7) is 4.40. The van der Waals surface area contributed by atoms with Crippen LogP contribution >= 0.6 is 11.8 Å². The lowest BCUT2D eigenvalue weighted by molar-refractivity contribution is -0.131. The molecule has 1 aromatic carbocycles. The first-order valence-corrected chi connectivity index (χ1v) is 7.62. The van der Waals surface area contributed by atoms with E-state index in [1.807, 2.05) is 23.9 Å². The van der Waals surface area contributed by atoms with E-state index in [-0.39, 0.29) is 0 Å². The van der Waals surface area contributed by atoms with E-state index in [1.165, 1.54) is 23.1 Å². The zero-order valence-corrected chi connectivity index (χ0v) is 11.9. The van der Waals surface area contributed by atoms with Crippen LogP contribution in [0.2, 0.25) is 0 Å². The third kappa shape index (κ3) is 4.40. The van der Waals surface area contributed by atoms with E-state index in [0.717, 1.165) is 18.7 Å². The molecule has 4 heteroatoms. The third-order valence-corrected chi connectivity index (χ3v) is 4.48. The largest absolute Gasteiger partial charge is 0.478 e. The molecule has 1 heterocycles. The summed E-state index contributed by atoms with van der Waals surface area (Å²) >= 11 is 2.02. The lowest BCUT2D eigenvalue weighted by Crippen LogP contribution is -2.39. The Morgan fingerprint density at radius 3 is 2.84 bits per heavy atom. The smallest absolute Gasteiger partial charge is 0.328 e. The molecule has 1 aromatic rings. The molecule has 2 rings (SSSR count). The maximum absolute atomic E-state index is 10.4. The molecule has 19 heavy (non-hydrogen) atoms. The van der Waals surface area contributed by atoms with Crippen molar-refractivity contribution in [3.63, 3.8) is 0 Å². The number of hydrogen-bond acceptors (Lipinski definition) is 3. The van der Waals surface area contributed by atoms with Crippen molar-refractivity contribution in [2.45, 2.75) is 19.5 Å². The van der Waals surface area contributed by atoms with Crippen molar-refractivity contribution in [2.24, 2.45) is 0 Å². The molecule has 1 aliphatic heterocycles. The number of carbonyl (C=O) groups is 1. The van der Waals surface area contributed by atoms with Gasteiger partial charge in [0, 0.05) is 36.7 Å². The Bertz CT molecular complexity index is 456. The summed E-state index contributed by atoms with van der Waals surface area (Å²) in [4.78, 5) is 12.9. The summed E-state index contributed by atoms with van der Waals surface area (Å²) < 4.78 is 0. The van der Waals surface area contributed by atoms with Crippen LogP contribution in [0, 0.1) is 0 Å². The fraction of sp³-hybridized carbons (Fsp3) is 0.400. The minimum atomic E-state index is -0.913. The highest BCUT2D eigenvalue weighted by Gasteiger charge is 2.18. The van der Waals surface area contributed by atoms with Crippen LogP contribution in [0.1, 0.15) is 18.1 Å². The van der Waals surface area contributed by atoms with Crippen LogP contribution in [0.25, 0.3) is 6.08 Å². The quantitative estimate of drug-likeness (QED) is 0.859. The van der Waals surface area contributed by atoms with Gasteiger partial charge in [-0.1, -0.05) is 24.3 Å². The fourth-order valence-corrected chi connectivity index (χ4v) is 3.21. The standard InChI is InChI=1S/C15H19NO2S/c1-12-11-19-9-8-16(12)10-14-4-2-13(3-5-14)6-7-15(17)18/h2-7,12H,8-11H2,1H3,(H,17,18). The lowest BCUT2D eigenvalue weighted by Gasteiger charge is -2.32. The monoisotopic (exact) mass is 277 g/mol. The van der Waals surface area contributed by atoms with E-state index < -0.39 is 5.97 Å². The number of thioether (sulfide) groups is 1. The first kappa shape index (κ1) is 14.2. The molecule has 0 spiro atoms. The van der Waals surface area contributed by atoms with Crippen LogP contribution in [0.4, 0.5) is 0 Å². The highest BCUT2D eigenvalue weighted by Crippen LogP contribution is 2.18. The molecule has 1 fully saturated rings. The summed E-state index contributed by atoms with van der Waals surface area (Å²) in [5.74, 6) is 1.51. The molecule has 1 saturated heterocycles. The van der Waals surface area contributed by atoms with Gasteiger partial charge in [0.2, 0.25) is 0 Å². The van der Waals surface area contributed by atoms with Gasteiger partial charge in [-0.2, -0.15) is 11.8 Å². The molecule has 0 radical (unpaired) electrons. The second kappa shape index (κ2) is 6.78. The molecular formula is C15H19NO2S. The van der Waals surface area contributed by atoms with Gasteiger partial charge in [0.05, 0.1) is 0 Å². The summed E-state index contributed by atoms with van der Waals surface area (Å²) in [6, 6.07) is 8.73. The van der Waals surface area contributed by atoms with E-state index in [0.29, 0.717) is 6.04 Å². The molecule has 102 valence electrons. The van der Waals surface area contributed by atoms with Crippen LogP contribution in [-0.2, 0) is 11.3 Å². The summed E-state index contributed by atoms with van der Waals surface area (Å²) in [7, 11) is 0. The highest BCUT2D eigenvalue weighted by atomic mass is 32.2. The van der Waals surface area contributed by atoms with E-state index in [1.54, 1.807) is 6.08 Å². The molecule has 1 atom stereocenters. The average molecular weight is 277 g/mol. The van der Waals surface area contributed by atoms with Crippen molar-refractivity contribution in [2.75, 3.05) is 18.1 Å². The molecule has 0 aromatic heterocycles. The maximum atomic E-state index is 10.4. The number of rotatable bonds is 4. The maximum Gasteiger partial charge on any atom is 0.328 e. The van der Waals surface area contributed by atoms with Crippen LogP contribution in [0.5, 0.6) is 0 Å². The van der Waals surface area contributed by atoms with Gasteiger partial charge in [0.1, 0.15) is 0 Å². The third-order valence-electron chi connectivity index (χ3n) is 3.29. The van der Waals surface area contributed by atoms with E-state index in [4.69, 9.17) is 5.11 Å². The van der Waals surface area contributed by atoms with Crippen LogP contribution in [-0.4, -0.2) is 40.1 Å². The molecule has 0 aliphatic carbocycles. The fourth-order valence-electron chi connectivity index (χ4n) is 2.13. The van der Waals surface area contributed by atoms with Crippen LogP contribution in [0.15, 0.2) is 30.3 Å².